The fourth-order valence-electron chi connectivity index (χ4n) is 1.79. The Balaban J connectivity index is 2.63. The van der Waals surface area contributed by atoms with Crippen LogP contribution in [0.4, 0.5) is 4.39 Å². The molecule has 0 saturated carbocycles. The summed E-state index contributed by atoms with van der Waals surface area (Å²) in [5.74, 6) is 0.133. The second kappa shape index (κ2) is 2.97. The molecule has 0 saturated heterocycles. The molecule has 0 spiro atoms. The molecule has 1 atom stereocenters. The number of rotatable bonds is 1. The lowest BCUT2D eigenvalue weighted by Gasteiger charge is -2.21. The van der Waals surface area contributed by atoms with E-state index >= 15 is 0 Å². The SMILES string of the molecule is BC(N)(O)c1c(F)ccc2c1CCO2. The van der Waals surface area contributed by atoms with Crippen LogP contribution in [0.25, 0.3) is 0 Å². The number of nitrogens with two attached hydrogens (primary N) is 1. The van der Waals surface area contributed by atoms with Crippen LogP contribution in [0.1, 0.15) is 11.1 Å². The van der Waals surface area contributed by atoms with Gasteiger partial charge in [-0.25, -0.2) is 4.39 Å². The molecule has 5 heteroatoms. The second-order valence-electron chi connectivity index (χ2n) is 3.65. The van der Waals surface area contributed by atoms with Crippen LogP contribution in [0.5, 0.6) is 5.75 Å². The molecule has 1 aromatic carbocycles. The Labute approximate surface area is 82.1 Å². The van der Waals surface area contributed by atoms with Gasteiger partial charge in [0.15, 0.2) is 7.85 Å². The predicted octanol–water partition coefficient (Wildman–Crippen LogP) is -0.545. The molecule has 1 aromatic rings. The lowest BCUT2D eigenvalue weighted by atomic mass is 9.81. The number of ether oxygens (including phenoxy) is 1. The van der Waals surface area contributed by atoms with Crippen LogP contribution in [0.2, 0.25) is 0 Å². The largest absolute Gasteiger partial charge is 0.493 e. The number of fused-ring (bicyclic) bond motifs is 1. The molecule has 1 aliphatic heterocycles. The van der Waals surface area contributed by atoms with Crippen molar-refractivity contribution in [2.75, 3.05) is 6.61 Å². The fraction of sp³-hybridized carbons (Fsp3) is 0.333. The predicted molar refractivity (Wildman–Crippen MR) is 52.2 cm³/mol. The van der Waals surface area contributed by atoms with E-state index in [1.54, 1.807) is 6.07 Å². The average Bonchev–Trinajstić information content (AvgIpc) is 2.48. The fourth-order valence-corrected chi connectivity index (χ4v) is 1.79. The van der Waals surface area contributed by atoms with E-state index in [9.17, 15) is 9.50 Å². The molecular weight excluding hydrogens is 184 g/mol. The third-order valence-corrected chi connectivity index (χ3v) is 2.33. The summed E-state index contributed by atoms with van der Waals surface area (Å²) in [4.78, 5) is 0. The highest BCUT2D eigenvalue weighted by Crippen LogP contribution is 2.33. The van der Waals surface area contributed by atoms with Gasteiger partial charge in [-0.3, -0.25) is 0 Å². The molecule has 0 fully saturated rings. The molecule has 1 aliphatic rings. The quantitative estimate of drug-likeness (QED) is 0.467. The molecule has 0 amide bonds. The van der Waals surface area contributed by atoms with Crippen molar-refractivity contribution in [1.82, 2.24) is 0 Å². The molecule has 3 N–H and O–H groups in total. The average molecular weight is 195 g/mol. The van der Waals surface area contributed by atoms with Crippen molar-refractivity contribution in [3.05, 3.63) is 29.1 Å². The number of benzene rings is 1. The molecule has 0 radical (unpaired) electrons. The molecule has 0 aromatic heterocycles. The molecular formula is C9H11BFNO2. The Kier molecular flexibility index (Phi) is 2.01. The molecule has 1 unspecified atom stereocenters. The van der Waals surface area contributed by atoms with Gasteiger partial charge in [0.25, 0.3) is 0 Å². The van der Waals surface area contributed by atoms with Crippen molar-refractivity contribution in [3.8, 4) is 5.75 Å². The third-order valence-electron chi connectivity index (χ3n) is 2.33. The maximum atomic E-state index is 13.4. The summed E-state index contributed by atoms with van der Waals surface area (Å²) in [5, 5.41) is 9.62. The smallest absolute Gasteiger partial charge is 0.168 e. The highest BCUT2D eigenvalue weighted by molar-refractivity contribution is 6.14. The highest BCUT2D eigenvalue weighted by Gasteiger charge is 2.29. The minimum atomic E-state index is -1.65. The Morgan fingerprint density at radius 3 is 2.93 bits per heavy atom. The summed E-state index contributed by atoms with van der Waals surface area (Å²) in [7, 11) is 1.37. The maximum Gasteiger partial charge on any atom is 0.168 e. The first-order valence-electron chi connectivity index (χ1n) is 4.46. The van der Waals surface area contributed by atoms with Crippen LogP contribution >= 0.6 is 0 Å². The van der Waals surface area contributed by atoms with Gasteiger partial charge in [-0.1, -0.05) is 0 Å². The molecule has 3 nitrogen and oxygen atoms in total. The van der Waals surface area contributed by atoms with E-state index in [2.05, 4.69) is 0 Å². The third kappa shape index (κ3) is 1.38. The number of halogens is 1. The number of hydrogen-bond acceptors (Lipinski definition) is 3. The van der Waals surface area contributed by atoms with E-state index < -0.39 is 11.4 Å². The van der Waals surface area contributed by atoms with Gasteiger partial charge in [-0.2, -0.15) is 0 Å². The van der Waals surface area contributed by atoms with E-state index in [-0.39, 0.29) is 5.56 Å². The molecule has 14 heavy (non-hydrogen) atoms. The molecule has 0 bridgehead atoms. The summed E-state index contributed by atoms with van der Waals surface area (Å²) >= 11 is 0. The van der Waals surface area contributed by atoms with E-state index in [0.29, 0.717) is 24.3 Å². The molecule has 1 heterocycles. The van der Waals surface area contributed by atoms with Crippen molar-refractivity contribution in [3.63, 3.8) is 0 Å². The lowest BCUT2D eigenvalue weighted by Crippen LogP contribution is -2.38. The Morgan fingerprint density at radius 1 is 1.57 bits per heavy atom. The Bertz CT molecular complexity index is 376. The zero-order chi connectivity index (χ0) is 10.3. The van der Waals surface area contributed by atoms with Crippen LogP contribution in [-0.2, 0) is 12.0 Å². The Morgan fingerprint density at radius 2 is 2.29 bits per heavy atom. The minimum Gasteiger partial charge on any atom is -0.493 e. The van der Waals surface area contributed by atoms with Crippen molar-refractivity contribution in [2.24, 2.45) is 5.73 Å². The van der Waals surface area contributed by atoms with Gasteiger partial charge in [0.1, 0.15) is 17.2 Å². The van der Waals surface area contributed by atoms with Crippen LogP contribution in [0, 0.1) is 5.82 Å². The van der Waals surface area contributed by atoms with Crippen molar-refractivity contribution >= 4 is 7.85 Å². The monoisotopic (exact) mass is 195 g/mol. The molecule has 0 aliphatic carbocycles. The lowest BCUT2D eigenvalue weighted by molar-refractivity contribution is 0.130. The number of hydrogen-bond donors (Lipinski definition) is 2. The first-order valence-corrected chi connectivity index (χ1v) is 4.46. The van der Waals surface area contributed by atoms with Gasteiger partial charge in [-0.05, 0) is 12.1 Å². The van der Waals surface area contributed by atoms with E-state index in [1.165, 1.54) is 13.9 Å². The van der Waals surface area contributed by atoms with Gasteiger partial charge in [-0.15, -0.1) is 0 Å². The second-order valence-corrected chi connectivity index (χ2v) is 3.65. The zero-order valence-corrected chi connectivity index (χ0v) is 7.88. The first-order chi connectivity index (χ1) is 6.50. The molecule has 2 rings (SSSR count). The van der Waals surface area contributed by atoms with E-state index in [4.69, 9.17) is 10.5 Å². The summed E-state index contributed by atoms with van der Waals surface area (Å²) < 4.78 is 18.7. The summed E-state index contributed by atoms with van der Waals surface area (Å²) in [5.41, 5.74) is 4.67. The van der Waals surface area contributed by atoms with Gasteiger partial charge in [0.2, 0.25) is 0 Å². The maximum absolute atomic E-state index is 13.4. The van der Waals surface area contributed by atoms with E-state index in [1.807, 2.05) is 0 Å². The van der Waals surface area contributed by atoms with Crippen LogP contribution in [0.3, 0.4) is 0 Å². The normalized spacial score (nSPS) is 18.5. The van der Waals surface area contributed by atoms with Crippen molar-refractivity contribution < 1.29 is 14.2 Å². The van der Waals surface area contributed by atoms with E-state index in [0.717, 1.165) is 0 Å². The summed E-state index contributed by atoms with van der Waals surface area (Å²) in [6, 6.07) is 2.83. The van der Waals surface area contributed by atoms with Crippen molar-refractivity contribution in [1.29, 1.82) is 0 Å². The van der Waals surface area contributed by atoms with Crippen molar-refractivity contribution in [2.45, 2.75) is 12.0 Å². The van der Waals surface area contributed by atoms with Gasteiger partial charge in [0, 0.05) is 17.5 Å². The van der Waals surface area contributed by atoms with Crippen LogP contribution in [0.15, 0.2) is 12.1 Å². The van der Waals surface area contributed by atoms with Gasteiger partial charge >= 0.3 is 0 Å². The zero-order valence-electron chi connectivity index (χ0n) is 7.88. The first kappa shape index (κ1) is 9.49. The topological polar surface area (TPSA) is 55.5 Å². The van der Waals surface area contributed by atoms with Gasteiger partial charge < -0.3 is 15.6 Å². The Hall–Kier alpha value is -1.07. The summed E-state index contributed by atoms with van der Waals surface area (Å²) in [6.45, 7) is 0.516. The van der Waals surface area contributed by atoms with Crippen LogP contribution < -0.4 is 10.5 Å². The highest BCUT2D eigenvalue weighted by atomic mass is 19.1. The molecule has 74 valence electrons. The number of aliphatic hydroxyl groups is 1. The minimum absolute atomic E-state index is 0.146. The van der Waals surface area contributed by atoms with Gasteiger partial charge in [0.05, 0.1) is 6.61 Å². The van der Waals surface area contributed by atoms with Crippen LogP contribution in [-0.4, -0.2) is 19.6 Å². The standard InChI is InChI=1S/C9H11BFNO2/c10-9(12,13)8-5-3-4-14-7(5)2-1-6(8)11/h1-2,13H,3-4,10,12H2. The summed E-state index contributed by atoms with van der Waals surface area (Å²) in [6.07, 6.45) is 0.593.